The Morgan fingerprint density at radius 2 is 2.21 bits per heavy atom. The van der Waals surface area contributed by atoms with E-state index in [0.29, 0.717) is 23.7 Å². The van der Waals surface area contributed by atoms with Crippen molar-refractivity contribution in [2.75, 3.05) is 7.05 Å². The fourth-order valence-corrected chi connectivity index (χ4v) is 4.75. The summed E-state index contributed by atoms with van der Waals surface area (Å²) in [6.45, 7) is 0.445. The molecule has 0 aliphatic carbocycles. The molecule has 9 nitrogen and oxygen atoms in total. The average molecular weight is 430 g/mol. The van der Waals surface area contributed by atoms with Crippen LogP contribution in [0.3, 0.4) is 0 Å². The lowest BCUT2D eigenvalue weighted by molar-refractivity contribution is 0.111. The molecule has 0 saturated heterocycles. The second-order valence-corrected chi connectivity index (χ2v) is 8.46. The zero-order valence-electron chi connectivity index (χ0n) is 15.9. The van der Waals surface area contributed by atoms with Crippen molar-refractivity contribution in [3.8, 4) is 0 Å². The summed E-state index contributed by atoms with van der Waals surface area (Å²) >= 11 is 2.96. The smallest absolute Gasteiger partial charge is 0.167 e. The van der Waals surface area contributed by atoms with Gasteiger partial charge in [-0.2, -0.15) is 10.2 Å². The number of hydrazone groups is 1. The minimum Gasteiger partial charge on any atom is -0.389 e. The van der Waals surface area contributed by atoms with Gasteiger partial charge in [-0.3, -0.25) is 14.9 Å². The number of hydrogen-bond acceptors (Lipinski definition) is 9. The van der Waals surface area contributed by atoms with Crippen molar-refractivity contribution in [1.82, 2.24) is 29.7 Å². The average Bonchev–Trinajstić information content (AvgIpc) is 3.48. The first kappa shape index (κ1) is 19.4. The van der Waals surface area contributed by atoms with Crippen LogP contribution in [-0.2, 0) is 26.6 Å². The molecule has 29 heavy (non-hydrogen) atoms. The second-order valence-electron chi connectivity index (χ2n) is 6.43. The summed E-state index contributed by atoms with van der Waals surface area (Å²) in [6, 6.07) is 1.92. The third kappa shape index (κ3) is 3.97. The van der Waals surface area contributed by atoms with Crippen LogP contribution in [0.15, 0.2) is 22.7 Å². The fourth-order valence-electron chi connectivity index (χ4n) is 2.98. The number of carbonyl (C=O) groups excluding carboxylic acids is 1. The number of aromatic nitrogens is 5. The second kappa shape index (κ2) is 8.23. The Labute approximate surface area is 174 Å². The number of fused-ring (bicyclic) bond motifs is 1. The van der Waals surface area contributed by atoms with Crippen LogP contribution >= 0.6 is 22.7 Å². The molecule has 4 heterocycles. The van der Waals surface area contributed by atoms with Crippen LogP contribution in [0.25, 0.3) is 10.3 Å². The van der Waals surface area contributed by atoms with Gasteiger partial charge in [0.1, 0.15) is 10.0 Å². The Kier molecular flexibility index (Phi) is 5.51. The summed E-state index contributed by atoms with van der Waals surface area (Å²) in [6.07, 6.45) is 4.94. The lowest BCUT2D eigenvalue weighted by atomic mass is 10.3. The molecule has 0 radical (unpaired) electrons. The van der Waals surface area contributed by atoms with E-state index in [1.165, 1.54) is 11.3 Å². The van der Waals surface area contributed by atoms with Crippen LogP contribution < -0.4 is 0 Å². The molecule has 0 aliphatic rings. The zero-order chi connectivity index (χ0) is 20.4. The van der Waals surface area contributed by atoms with Gasteiger partial charge in [-0.05, 0) is 6.07 Å². The number of aliphatic hydroxyl groups is 1. The van der Waals surface area contributed by atoms with Crippen molar-refractivity contribution in [2.45, 2.75) is 19.6 Å². The topological polar surface area (TPSA) is 112 Å². The number of aromatic amines is 1. The number of thiazole rings is 2. The first-order valence-corrected chi connectivity index (χ1v) is 10.5. The van der Waals surface area contributed by atoms with Crippen molar-refractivity contribution in [3.05, 3.63) is 50.3 Å². The number of carbonyl (C=O) groups is 1. The number of nitrogens with zero attached hydrogens (tertiary/aromatic N) is 6. The Balaban J connectivity index is 1.59. The van der Waals surface area contributed by atoms with Crippen molar-refractivity contribution in [2.24, 2.45) is 12.1 Å². The fraction of sp³-hybridized carbons (Fsp3) is 0.278. The molecular weight excluding hydrogens is 410 g/mol. The van der Waals surface area contributed by atoms with E-state index in [9.17, 15) is 4.79 Å². The van der Waals surface area contributed by atoms with Gasteiger partial charge in [-0.1, -0.05) is 0 Å². The normalized spacial score (nSPS) is 11.7. The molecule has 0 aliphatic heterocycles. The van der Waals surface area contributed by atoms with Gasteiger partial charge in [0.05, 0.1) is 41.1 Å². The third-order valence-electron chi connectivity index (χ3n) is 4.36. The van der Waals surface area contributed by atoms with E-state index in [1.807, 2.05) is 25.5 Å². The molecule has 0 amide bonds. The summed E-state index contributed by atoms with van der Waals surface area (Å²) in [4.78, 5) is 20.7. The van der Waals surface area contributed by atoms with Crippen molar-refractivity contribution in [3.63, 3.8) is 0 Å². The number of hydrogen-bond donors (Lipinski definition) is 2. The monoisotopic (exact) mass is 429 g/mol. The predicted octanol–water partition coefficient (Wildman–Crippen LogP) is 2.18. The van der Waals surface area contributed by atoms with E-state index in [4.69, 9.17) is 5.11 Å². The Morgan fingerprint density at radius 3 is 2.90 bits per heavy atom. The van der Waals surface area contributed by atoms with Crippen LogP contribution in [0.5, 0.6) is 0 Å². The summed E-state index contributed by atoms with van der Waals surface area (Å²) in [5.74, 6) is 0. The highest BCUT2D eigenvalue weighted by Gasteiger charge is 2.19. The van der Waals surface area contributed by atoms with Crippen LogP contribution in [0.2, 0.25) is 0 Å². The summed E-state index contributed by atoms with van der Waals surface area (Å²) in [7, 11) is 3.67. The lowest BCUT2D eigenvalue weighted by Crippen LogP contribution is -2.11. The maximum absolute atomic E-state index is 11.7. The van der Waals surface area contributed by atoms with Gasteiger partial charge in [-0.15, -0.1) is 22.7 Å². The minimum atomic E-state index is -0.0612. The molecule has 0 bridgehead atoms. The highest BCUT2D eigenvalue weighted by atomic mass is 32.1. The van der Waals surface area contributed by atoms with E-state index in [-0.39, 0.29) is 6.61 Å². The van der Waals surface area contributed by atoms with Gasteiger partial charge < -0.3 is 9.67 Å². The quantitative estimate of drug-likeness (QED) is 0.252. The molecule has 4 aromatic heterocycles. The Bertz CT molecular complexity index is 1160. The maximum atomic E-state index is 11.7. The first-order chi connectivity index (χ1) is 14.1. The predicted molar refractivity (Wildman–Crippen MR) is 112 cm³/mol. The van der Waals surface area contributed by atoms with Crippen LogP contribution in [0.4, 0.5) is 0 Å². The number of nitrogens with one attached hydrogen (secondary N) is 1. The van der Waals surface area contributed by atoms with Gasteiger partial charge in [0.15, 0.2) is 11.9 Å². The van der Waals surface area contributed by atoms with Gasteiger partial charge in [-0.25, -0.2) is 9.97 Å². The molecule has 11 heteroatoms. The molecule has 0 spiro atoms. The van der Waals surface area contributed by atoms with E-state index in [1.54, 1.807) is 33.3 Å². The molecular formula is C18H19N7O2S2. The standard InChI is InChI=1S/C18H19N7O2S2/c1-24(7-12-10-28-16(9-27)21-12)20-6-13-14(8-26)25(2)18-17(13)29-15(22-18)5-11-3-4-19-23-11/h3-4,6,8,10,27H,5,7,9H2,1-2H3,(H,19,23)/b20-6-. The van der Waals surface area contributed by atoms with E-state index in [2.05, 4.69) is 25.3 Å². The van der Waals surface area contributed by atoms with Crippen LogP contribution in [0.1, 0.15) is 37.5 Å². The largest absolute Gasteiger partial charge is 0.389 e. The zero-order valence-corrected chi connectivity index (χ0v) is 17.5. The van der Waals surface area contributed by atoms with Crippen molar-refractivity contribution in [1.29, 1.82) is 0 Å². The number of H-pyrrole nitrogens is 1. The number of aliphatic hydroxyl groups excluding tert-OH is 1. The Morgan fingerprint density at radius 1 is 1.34 bits per heavy atom. The molecule has 4 aromatic rings. The van der Waals surface area contributed by atoms with Gasteiger partial charge in [0.2, 0.25) is 0 Å². The summed E-state index contributed by atoms with van der Waals surface area (Å²) in [5.41, 5.74) is 3.81. The number of aryl methyl sites for hydroxylation is 1. The molecule has 0 fully saturated rings. The SMILES string of the molecule is CN(Cc1csc(CO)n1)/N=C\c1c(C=O)n(C)c2nc(Cc3cc[nH]n3)sc12. The molecule has 0 atom stereocenters. The van der Waals surface area contributed by atoms with E-state index >= 15 is 0 Å². The van der Waals surface area contributed by atoms with Gasteiger partial charge in [0.25, 0.3) is 0 Å². The highest BCUT2D eigenvalue weighted by Crippen LogP contribution is 2.30. The van der Waals surface area contributed by atoms with Crippen molar-refractivity contribution < 1.29 is 9.90 Å². The molecule has 0 unspecified atom stereocenters. The molecule has 150 valence electrons. The number of rotatable bonds is 8. The third-order valence-corrected chi connectivity index (χ3v) is 6.33. The van der Waals surface area contributed by atoms with Crippen LogP contribution in [0, 0.1) is 0 Å². The summed E-state index contributed by atoms with van der Waals surface area (Å²) < 4.78 is 2.72. The minimum absolute atomic E-state index is 0.0612. The van der Waals surface area contributed by atoms with E-state index < -0.39 is 0 Å². The first-order valence-electron chi connectivity index (χ1n) is 8.80. The Hall–Kier alpha value is -2.89. The van der Waals surface area contributed by atoms with Gasteiger partial charge >= 0.3 is 0 Å². The molecule has 2 N–H and O–H groups in total. The molecule has 0 aromatic carbocycles. The summed E-state index contributed by atoms with van der Waals surface area (Å²) in [5, 5.41) is 25.9. The van der Waals surface area contributed by atoms with Gasteiger partial charge in [0, 0.05) is 37.7 Å². The molecule has 0 saturated carbocycles. The van der Waals surface area contributed by atoms with Crippen LogP contribution in [-0.4, -0.2) is 54.4 Å². The highest BCUT2D eigenvalue weighted by molar-refractivity contribution is 7.19. The maximum Gasteiger partial charge on any atom is 0.167 e. The van der Waals surface area contributed by atoms with Crippen molar-refractivity contribution >= 4 is 45.5 Å². The molecule has 4 rings (SSSR count). The number of aldehydes is 1. The van der Waals surface area contributed by atoms with E-state index in [0.717, 1.165) is 38.6 Å². The lowest BCUT2D eigenvalue weighted by Gasteiger charge is -2.10.